The fraction of sp³-hybridized carbons (Fsp3) is 0.314. The largest absolute Gasteiger partial charge is 0.334 e. The minimum Gasteiger partial charge on any atom is -0.334 e. The summed E-state index contributed by atoms with van der Waals surface area (Å²) >= 11 is 0. The highest BCUT2D eigenvalue weighted by molar-refractivity contribution is 6.15. The second-order valence-corrected chi connectivity index (χ2v) is 10.6. The van der Waals surface area contributed by atoms with Gasteiger partial charge in [0.25, 0.3) is 0 Å². The summed E-state index contributed by atoms with van der Waals surface area (Å²) < 4.78 is 54.6. The summed E-state index contributed by atoms with van der Waals surface area (Å²) in [5.41, 5.74) is 2.23. The van der Waals surface area contributed by atoms with Gasteiger partial charge in [-0.3, -0.25) is 14.5 Å². The Labute approximate surface area is 256 Å². The third kappa shape index (κ3) is 8.74. The number of Topliss-reactive ketones (excluding diaryl/α,β-unsaturated/α-hetero) is 1. The standard InChI is InChI=1S/C33H31F4N3O2.C2H6/c34-28-8-6-24(18-30(28)36)16-26-21-40(22-27(33(26)42)17-25-7-9-29(35)31(37)19-25)32(41)10-11-38-12-14-39(15-13-38)20-23-4-2-1-3-5-23;1-2/h1-9,16-19H,10-15,20-22H2;1-2H3/b26-16+,27-17+;. The van der Waals surface area contributed by atoms with Gasteiger partial charge in [-0.15, -0.1) is 0 Å². The van der Waals surface area contributed by atoms with E-state index < -0.39 is 29.1 Å². The lowest BCUT2D eigenvalue weighted by Crippen LogP contribution is -2.47. The van der Waals surface area contributed by atoms with E-state index in [1.165, 1.54) is 34.7 Å². The molecule has 0 aromatic heterocycles. The number of carbonyl (C=O) groups excluding carboxylic acids is 2. The second kappa shape index (κ2) is 15.6. The van der Waals surface area contributed by atoms with Gasteiger partial charge < -0.3 is 9.80 Å². The van der Waals surface area contributed by atoms with E-state index >= 15 is 0 Å². The molecule has 0 atom stereocenters. The number of amides is 1. The molecule has 0 unspecified atom stereocenters. The number of halogens is 4. The van der Waals surface area contributed by atoms with Crippen LogP contribution in [0, 0.1) is 23.3 Å². The molecular formula is C35H37F4N3O2. The maximum atomic E-state index is 13.8. The van der Waals surface area contributed by atoms with E-state index in [9.17, 15) is 27.2 Å². The van der Waals surface area contributed by atoms with Crippen molar-refractivity contribution in [1.29, 1.82) is 0 Å². The van der Waals surface area contributed by atoms with Crippen molar-refractivity contribution in [3.8, 4) is 0 Å². The second-order valence-electron chi connectivity index (χ2n) is 10.6. The molecule has 0 bridgehead atoms. The average molecular weight is 608 g/mol. The van der Waals surface area contributed by atoms with E-state index in [0.717, 1.165) is 57.0 Å². The topological polar surface area (TPSA) is 43.9 Å². The van der Waals surface area contributed by atoms with Crippen LogP contribution in [0.2, 0.25) is 0 Å². The van der Waals surface area contributed by atoms with Gasteiger partial charge in [-0.2, -0.15) is 0 Å². The van der Waals surface area contributed by atoms with Crippen LogP contribution in [0.15, 0.2) is 77.9 Å². The van der Waals surface area contributed by atoms with Gasteiger partial charge >= 0.3 is 0 Å². The fourth-order valence-corrected chi connectivity index (χ4v) is 5.25. The molecule has 2 aliphatic heterocycles. The van der Waals surface area contributed by atoms with Gasteiger partial charge in [0.1, 0.15) is 0 Å². The Hall–Kier alpha value is -4.08. The number of carbonyl (C=O) groups is 2. The molecule has 3 aromatic rings. The first-order valence-corrected chi connectivity index (χ1v) is 14.9. The van der Waals surface area contributed by atoms with Crippen LogP contribution < -0.4 is 0 Å². The summed E-state index contributed by atoms with van der Waals surface area (Å²) in [7, 11) is 0. The molecule has 0 aliphatic carbocycles. The van der Waals surface area contributed by atoms with E-state index in [1.54, 1.807) is 0 Å². The van der Waals surface area contributed by atoms with E-state index in [4.69, 9.17) is 0 Å². The minimum atomic E-state index is -1.05. The van der Waals surface area contributed by atoms with Crippen LogP contribution in [-0.2, 0) is 16.1 Å². The van der Waals surface area contributed by atoms with Crippen LogP contribution in [0.3, 0.4) is 0 Å². The Bertz CT molecular complexity index is 1440. The maximum absolute atomic E-state index is 13.8. The quantitative estimate of drug-likeness (QED) is 0.232. The van der Waals surface area contributed by atoms with Crippen molar-refractivity contribution in [2.24, 2.45) is 0 Å². The highest BCUT2D eigenvalue weighted by Gasteiger charge is 2.29. The zero-order valence-corrected chi connectivity index (χ0v) is 25.0. The SMILES string of the molecule is CC.O=C1/C(=C/c2ccc(F)c(F)c2)CN(C(=O)CCN2CCN(Cc3ccccc3)CC2)C/C1=C\c1ccc(F)c(F)c1. The summed E-state index contributed by atoms with van der Waals surface area (Å²) in [6, 6.07) is 16.9. The summed E-state index contributed by atoms with van der Waals surface area (Å²) in [6.45, 7) is 8.89. The summed E-state index contributed by atoms with van der Waals surface area (Å²) in [4.78, 5) is 32.9. The molecule has 9 heteroatoms. The molecule has 5 rings (SSSR count). The van der Waals surface area contributed by atoms with E-state index in [0.29, 0.717) is 6.54 Å². The molecule has 1 amide bonds. The third-order valence-corrected chi connectivity index (χ3v) is 7.58. The Morgan fingerprint density at radius 2 is 1.20 bits per heavy atom. The molecule has 0 spiro atoms. The number of likely N-dealkylation sites (tertiary alicyclic amines) is 1. The van der Waals surface area contributed by atoms with Crippen molar-refractivity contribution >= 4 is 23.8 Å². The van der Waals surface area contributed by atoms with Crippen molar-refractivity contribution in [1.82, 2.24) is 14.7 Å². The molecule has 2 aliphatic rings. The zero-order chi connectivity index (χ0) is 31.6. The van der Waals surface area contributed by atoms with Crippen molar-refractivity contribution in [3.63, 3.8) is 0 Å². The Morgan fingerprint density at radius 1 is 0.705 bits per heavy atom. The lowest BCUT2D eigenvalue weighted by molar-refractivity contribution is -0.131. The molecule has 2 heterocycles. The molecule has 0 N–H and O–H groups in total. The number of nitrogens with zero attached hydrogens (tertiary/aromatic N) is 3. The fourth-order valence-electron chi connectivity index (χ4n) is 5.25. The summed E-state index contributed by atoms with van der Waals surface area (Å²) in [5.74, 6) is -4.69. The first kappa shape index (κ1) is 32.8. The molecule has 0 radical (unpaired) electrons. The van der Waals surface area contributed by atoms with Crippen molar-refractivity contribution in [2.45, 2.75) is 26.8 Å². The smallest absolute Gasteiger partial charge is 0.224 e. The molecule has 0 saturated carbocycles. The van der Waals surface area contributed by atoms with Gasteiger partial charge in [0.05, 0.1) is 0 Å². The van der Waals surface area contributed by atoms with E-state index in [-0.39, 0.29) is 47.7 Å². The van der Waals surface area contributed by atoms with Gasteiger partial charge in [0.15, 0.2) is 29.1 Å². The average Bonchev–Trinajstić information content (AvgIpc) is 3.03. The van der Waals surface area contributed by atoms with Gasteiger partial charge in [-0.1, -0.05) is 56.3 Å². The highest BCUT2D eigenvalue weighted by Crippen LogP contribution is 2.24. The number of benzene rings is 3. The molecule has 232 valence electrons. The molecule has 2 fully saturated rings. The third-order valence-electron chi connectivity index (χ3n) is 7.58. The molecule has 2 saturated heterocycles. The summed E-state index contributed by atoms with van der Waals surface area (Å²) in [5, 5.41) is 0. The van der Waals surface area contributed by atoms with Crippen LogP contribution in [0.4, 0.5) is 17.6 Å². The maximum Gasteiger partial charge on any atom is 0.224 e. The van der Waals surface area contributed by atoms with Crippen LogP contribution in [0.25, 0.3) is 12.2 Å². The first-order valence-electron chi connectivity index (χ1n) is 14.9. The van der Waals surface area contributed by atoms with Crippen LogP contribution in [0.5, 0.6) is 0 Å². The van der Waals surface area contributed by atoms with Crippen molar-refractivity contribution in [3.05, 3.63) is 118 Å². The normalized spacial score (nSPS) is 18.0. The van der Waals surface area contributed by atoms with Crippen molar-refractivity contribution < 1.29 is 27.2 Å². The first-order chi connectivity index (χ1) is 21.2. The Balaban J connectivity index is 0.00000216. The zero-order valence-electron chi connectivity index (χ0n) is 25.0. The lowest BCUT2D eigenvalue weighted by atomic mass is 9.94. The van der Waals surface area contributed by atoms with E-state index in [1.807, 2.05) is 32.0 Å². The highest BCUT2D eigenvalue weighted by atomic mass is 19.2. The number of rotatable bonds is 7. The number of hydrogen-bond donors (Lipinski definition) is 0. The van der Waals surface area contributed by atoms with Gasteiger partial charge in [0.2, 0.25) is 5.91 Å². The molecular weight excluding hydrogens is 570 g/mol. The van der Waals surface area contributed by atoms with Gasteiger partial charge in [-0.05, 0) is 53.1 Å². The van der Waals surface area contributed by atoms with Crippen molar-refractivity contribution in [2.75, 3.05) is 45.8 Å². The predicted molar refractivity (Wildman–Crippen MR) is 164 cm³/mol. The molecule has 44 heavy (non-hydrogen) atoms. The number of ketones is 1. The monoisotopic (exact) mass is 607 g/mol. The molecule has 3 aromatic carbocycles. The lowest BCUT2D eigenvalue weighted by Gasteiger charge is -2.35. The molecule has 5 nitrogen and oxygen atoms in total. The Kier molecular flexibility index (Phi) is 11.6. The van der Waals surface area contributed by atoms with E-state index in [2.05, 4.69) is 21.9 Å². The number of hydrogen-bond acceptors (Lipinski definition) is 4. The minimum absolute atomic E-state index is 0.00334. The van der Waals surface area contributed by atoms with Gasteiger partial charge in [0, 0.05) is 69.9 Å². The van der Waals surface area contributed by atoms with Crippen LogP contribution >= 0.6 is 0 Å². The van der Waals surface area contributed by atoms with Crippen LogP contribution in [-0.4, -0.2) is 72.2 Å². The number of piperazine rings is 1. The summed E-state index contributed by atoms with van der Waals surface area (Å²) in [6.07, 6.45) is 3.09. The van der Waals surface area contributed by atoms with Crippen LogP contribution in [0.1, 0.15) is 37.0 Å². The van der Waals surface area contributed by atoms with Gasteiger partial charge in [-0.25, -0.2) is 17.6 Å². The predicted octanol–water partition coefficient (Wildman–Crippen LogP) is 6.36. The number of piperidine rings is 1. The Morgan fingerprint density at radius 3 is 1.70 bits per heavy atom.